The smallest absolute Gasteiger partial charge is 0.309 e. The number of fused-ring (bicyclic) bond motifs is 1. The van der Waals surface area contributed by atoms with E-state index in [0.29, 0.717) is 24.3 Å². The van der Waals surface area contributed by atoms with Crippen molar-refractivity contribution in [2.75, 3.05) is 13.2 Å². The summed E-state index contributed by atoms with van der Waals surface area (Å²) in [6.07, 6.45) is 5.23. The highest BCUT2D eigenvalue weighted by atomic mass is 16.6. The zero-order valence-corrected chi connectivity index (χ0v) is 14.1. The van der Waals surface area contributed by atoms with Crippen LogP contribution in [-0.2, 0) is 19.1 Å². The average Bonchev–Trinajstić information content (AvgIpc) is 2.70. The normalized spacial score (nSPS) is 20.8. The molecule has 2 aliphatic rings. The van der Waals surface area contributed by atoms with E-state index in [-0.39, 0.29) is 12.5 Å². The van der Waals surface area contributed by atoms with Gasteiger partial charge in [0.1, 0.15) is 6.61 Å². The Balaban J connectivity index is 1.38. The fraction of sp³-hybridized carbons (Fsp3) is 0.389. The summed E-state index contributed by atoms with van der Waals surface area (Å²) in [5.74, 6) is -0.788. The molecule has 2 N–H and O–H groups in total. The first kappa shape index (κ1) is 17.8. The van der Waals surface area contributed by atoms with E-state index in [0.717, 1.165) is 6.42 Å². The Bertz CT molecular complexity index is 717. The SMILES string of the molecule is O=C(COC(=O)[C@@H]1CC=CCC1)NNC(=O)[C@H]1COc2ccccc2O1. The molecular formula is C18H20N2O6. The van der Waals surface area contributed by atoms with Gasteiger partial charge in [0.15, 0.2) is 18.1 Å². The minimum Gasteiger partial charge on any atom is -0.485 e. The number of rotatable bonds is 4. The van der Waals surface area contributed by atoms with E-state index >= 15 is 0 Å². The second-order valence-corrected chi connectivity index (χ2v) is 5.99. The van der Waals surface area contributed by atoms with Crippen molar-refractivity contribution >= 4 is 17.8 Å². The van der Waals surface area contributed by atoms with E-state index in [4.69, 9.17) is 14.2 Å². The number of carbonyl (C=O) groups is 3. The number of para-hydroxylation sites is 2. The minimum absolute atomic E-state index is 0.0307. The summed E-state index contributed by atoms with van der Waals surface area (Å²) in [5.41, 5.74) is 4.44. The molecule has 0 spiro atoms. The summed E-state index contributed by atoms with van der Waals surface area (Å²) in [4.78, 5) is 35.6. The Morgan fingerprint density at radius 2 is 1.92 bits per heavy atom. The molecule has 1 aliphatic carbocycles. The maximum atomic E-state index is 12.1. The number of esters is 1. The Morgan fingerprint density at radius 3 is 2.69 bits per heavy atom. The Morgan fingerprint density at radius 1 is 1.12 bits per heavy atom. The second kappa shape index (κ2) is 8.37. The molecule has 0 fully saturated rings. The molecule has 0 unspecified atom stereocenters. The number of carbonyl (C=O) groups excluding carboxylic acids is 3. The van der Waals surface area contributed by atoms with E-state index in [1.165, 1.54) is 0 Å². The van der Waals surface area contributed by atoms with Crippen molar-refractivity contribution in [3.05, 3.63) is 36.4 Å². The molecule has 26 heavy (non-hydrogen) atoms. The highest BCUT2D eigenvalue weighted by Gasteiger charge is 2.27. The van der Waals surface area contributed by atoms with Crippen molar-refractivity contribution in [1.29, 1.82) is 0 Å². The van der Waals surface area contributed by atoms with Gasteiger partial charge in [-0.2, -0.15) is 0 Å². The van der Waals surface area contributed by atoms with Crippen LogP contribution in [0.3, 0.4) is 0 Å². The van der Waals surface area contributed by atoms with Gasteiger partial charge >= 0.3 is 5.97 Å². The van der Waals surface area contributed by atoms with E-state index in [1.807, 2.05) is 12.2 Å². The molecule has 1 aliphatic heterocycles. The molecule has 0 bridgehead atoms. The van der Waals surface area contributed by atoms with Crippen LogP contribution in [0.2, 0.25) is 0 Å². The van der Waals surface area contributed by atoms with Crippen molar-refractivity contribution in [3.63, 3.8) is 0 Å². The van der Waals surface area contributed by atoms with Crippen molar-refractivity contribution < 1.29 is 28.6 Å². The first-order valence-corrected chi connectivity index (χ1v) is 8.42. The van der Waals surface area contributed by atoms with Gasteiger partial charge in [0.2, 0.25) is 6.10 Å². The molecule has 1 aromatic rings. The number of hydrogen-bond donors (Lipinski definition) is 2. The first-order valence-electron chi connectivity index (χ1n) is 8.42. The molecule has 0 saturated heterocycles. The second-order valence-electron chi connectivity index (χ2n) is 5.99. The molecule has 1 heterocycles. The monoisotopic (exact) mass is 360 g/mol. The third-order valence-corrected chi connectivity index (χ3v) is 4.07. The number of allylic oxidation sites excluding steroid dienone is 2. The molecular weight excluding hydrogens is 340 g/mol. The Labute approximate surface area is 150 Å². The van der Waals surface area contributed by atoms with Crippen molar-refractivity contribution in [3.8, 4) is 11.5 Å². The minimum atomic E-state index is -0.887. The van der Waals surface area contributed by atoms with Gasteiger partial charge in [0, 0.05) is 0 Å². The van der Waals surface area contributed by atoms with Crippen LogP contribution in [0.15, 0.2) is 36.4 Å². The van der Waals surface area contributed by atoms with Crippen LogP contribution in [0, 0.1) is 5.92 Å². The number of ether oxygens (including phenoxy) is 3. The summed E-state index contributed by atoms with van der Waals surface area (Å²) in [7, 11) is 0. The van der Waals surface area contributed by atoms with Crippen LogP contribution in [0.1, 0.15) is 19.3 Å². The summed E-state index contributed by atoms with van der Waals surface area (Å²) < 4.78 is 15.9. The third kappa shape index (κ3) is 4.53. The van der Waals surface area contributed by atoms with E-state index in [2.05, 4.69) is 10.9 Å². The molecule has 138 valence electrons. The quantitative estimate of drug-likeness (QED) is 0.469. The van der Waals surface area contributed by atoms with Crippen LogP contribution in [0.4, 0.5) is 0 Å². The lowest BCUT2D eigenvalue weighted by molar-refractivity contribution is -0.153. The fourth-order valence-corrected chi connectivity index (χ4v) is 2.66. The van der Waals surface area contributed by atoms with E-state index in [1.54, 1.807) is 24.3 Å². The summed E-state index contributed by atoms with van der Waals surface area (Å²) in [6, 6.07) is 6.99. The average molecular weight is 360 g/mol. The molecule has 2 amide bonds. The molecule has 3 rings (SSSR count). The molecule has 0 aromatic heterocycles. The number of nitrogens with one attached hydrogen (secondary N) is 2. The van der Waals surface area contributed by atoms with Gasteiger partial charge in [-0.05, 0) is 31.4 Å². The van der Waals surface area contributed by atoms with Gasteiger partial charge in [0.05, 0.1) is 5.92 Å². The fourth-order valence-electron chi connectivity index (χ4n) is 2.66. The van der Waals surface area contributed by atoms with Gasteiger partial charge in [-0.3, -0.25) is 25.2 Å². The largest absolute Gasteiger partial charge is 0.485 e. The summed E-state index contributed by atoms with van der Waals surface area (Å²) in [6.45, 7) is -0.424. The lowest BCUT2D eigenvalue weighted by Crippen LogP contribution is -2.51. The van der Waals surface area contributed by atoms with Gasteiger partial charge in [-0.1, -0.05) is 24.3 Å². The van der Waals surface area contributed by atoms with Crippen molar-refractivity contribution in [2.24, 2.45) is 5.92 Å². The molecule has 8 nitrogen and oxygen atoms in total. The zero-order chi connectivity index (χ0) is 18.4. The predicted octanol–water partition coefficient (Wildman–Crippen LogP) is 0.873. The standard InChI is InChI=1S/C18H20N2O6/c21-16(11-25-18(23)12-6-2-1-3-7-12)19-20-17(22)15-10-24-13-8-4-5-9-14(13)26-15/h1-2,4-5,8-9,12,15H,3,6-7,10-11H2,(H,19,21)(H,20,22)/t12-,15-/m1/s1. The first-order chi connectivity index (χ1) is 12.6. The molecule has 8 heteroatoms. The molecule has 0 radical (unpaired) electrons. The Kier molecular flexibility index (Phi) is 5.73. The maximum absolute atomic E-state index is 12.1. The molecule has 0 saturated carbocycles. The molecule has 2 atom stereocenters. The highest BCUT2D eigenvalue weighted by molar-refractivity contribution is 5.86. The number of amides is 2. The van der Waals surface area contributed by atoms with E-state index < -0.39 is 30.5 Å². The van der Waals surface area contributed by atoms with Gasteiger partial charge < -0.3 is 14.2 Å². The van der Waals surface area contributed by atoms with Crippen LogP contribution in [0.25, 0.3) is 0 Å². The lowest BCUT2D eigenvalue weighted by Gasteiger charge is -2.25. The van der Waals surface area contributed by atoms with Crippen molar-refractivity contribution in [2.45, 2.75) is 25.4 Å². The van der Waals surface area contributed by atoms with Gasteiger partial charge in [-0.25, -0.2) is 0 Å². The highest BCUT2D eigenvalue weighted by Crippen LogP contribution is 2.30. The van der Waals surface area contributed by atoms with Crippen molar-refractivity contribution in [1.82, 2.24) is 10.9 Å². The number of hydrogen-bond acceptors (Lipinski definition) is 6. The van der Waals surface area contributed by atoms with E-state index in [9.17, 15) is 14.4 Å². The Hall–Kier alpha value is -3.03. The summed E-state index contributed by atoms with van der Waals surface area (Å²) >= 11 is 0. The van der Waals surface area contributed by atoms with Crippen LogP contribution in [-0.4, -0.2) is 37.1 Å². The lowest BCUT2D eigenvalue weighted by atomic mass is 9.95. The van der Waals surface area contributed by atoms with Gasteiger partial charge in [-0.15, -0.1) is 0 Å². The van der Waals surface area contributed by atoms with Crippen LogP contribution in [0.5, 0.6) is 11.5 Å². The third-order valence-electron chi connectivity index (χ3n) is 4.07. The maximum Gasteiger partial charge on any atom is 0.309 e. The predicted molar refractivity (Wildman–Crippen MR) is 90.1 cm³/mol. The topological polar surface area (TPSA) is 103 Å². The molecule has 1 aromatic carbocycles. The van der Waals surface area contributed by atoms with Crippen LogP contribution < -0.4 is 20.3 Å². The summed E-state index contributed by atoms with van der Waals surface area (Å²) in [5, 5.41) is 0. The van der Waals surface area contributed by atoms with Crippen LogP contribution >= 0.6 is 0 Å². The zero-order valence-electron chi connectivity index (χ0n) is 14.1. The van der Waals surface area contributed by atoms with Gasteiger partial charge in [0.25, 0.3) is 11.8 Å². The number of benzene rings is 1. The number of hydrazine groups is 1.